The number of nitrogens with zero attached hydrogens (tertiary/aromatic N) is 17. The molecule has 0 radical (unpaired) electrons. The molecule has 1 N–H and O–H groups in total. The summed E-state index contributed by atoms with van der Waals surface area (Å²) >= 11 is 14.7. The van der Waals surface area contributed by atoms with Crippen LogP contribution >= 0.6 is 51.5 Å². The molecular weight excluding hydrogens is 1920 g/mol. The Kier molecular flexibility index (Phi) is 31.1. The monoisotopic (exact) mass is 2040 g/mol. The number of halogens is 4. The predicted octanol–water partition coefficient (Wildman–Crippen LogP) is 17.9. The second-order valence-electron chi connectivity index (χ2n) is 40.1. The highest BCUT2D eigenvalue weighted by atomic mass is 79.9. The van der Waals surface area contributed by atoms with Crippen molar-refractivity contribution in [2.24, 2.45) is 21.1 Å². The molecule has 14 aromatic rings. The summed E-state index contributed by atoms with van der Waals surface area (Å²) in [6, 6.07) is 38.9. The summed E-state index contributed by atoms with van der Waals surface area (Å²) in [6.07, 6.45) is 23.1. The number of hydrogen-bond acceptors (Lipinski definition) is 22. The Morgan fingerprint density at radius 1 is 0.404 bits per heavy atom. The van der Waals surface area contributed by atoms with Gasteiger partial charge in [-0.3, -0.25) is 50.8 Å². The number of amides is 3. The number of hydrogen-bond donors (Lipinski definition) is 1. The first kappa shape index (κ1) is 104. The van der Waals surface area contributed by atoms with Crippen molar-refractivity contribution in [1.29, 1.82) is 0 Å². The number of carbonyl (C=O) groups excluding carboxylic acids is 3. The summed E-state index contributed by atoms with van der Waals surface area (Å²) in [4.78, 5) is 108. The van der Waals surface area contributed by atoms with Crippen molar-refractivity contribution in [2.45, 2.75) is 183 Å². The van der Waals surface area contributed by atoms with Crippen LogP contribution < -0.4 is 33.0 Å². The van der Waals surface area contributed by atoms with Crippen LogP contribution in [0.25, 0.3) is 94.5 Å². The molecule has 0 unspecified atom stereocenters. The minimum Gasteiger partial charge on any atom is -0.444 e. The van der Waals surface area contributed by atoms with Gasteiger partial charge in [0.1, 0.15) is 49.7 Å². The molecule has 2 saturated heterocycles. The molecule has 11 aromatic heterocycles. The SMILES string of the molecule is CC(C)(C)OC(=O)N1CC=C(B2OC(C)(C)C(C)(C)O2)CC1.CC(C)(C)OC(=O)N1CC=C(c2ccc3nc(Cl)cc(=O)n3c2)CC1.Cl.Cn1ncc2cc(-c3cc(=O)n4cc(C5=CCN(C(=O)OC(C)(C)C)CC5)ccc4n3)ccc21.Cn1ncc2cc(-c3cc(=O)n4cc(C5=CCNCC5)ccc4n3)ccc21.Cn1ncc2cc(B3OC(C)(C)C(C)(C)O3)ccc21.O=c1cc(Cl)nc2ccc(Br)cn12. The van der Waals surface area contributed by atoms with Crippen molar-refractivity contribution in [3.8, 4) is 22.5 Å². The zero-order valence-corrected chi connectivity index (χ0v) is 86.9. The van der Waals surface area contributed by atoms with Crippen molar-refractivity contribution in [3.63, 3.8) is 0 Å². The molecule has 738 valence electrons. The van der Waals surface area contributed by atoms with Gasteiger partial charge in [0, 0.05) is 148 Å². The average molecular weight is 2040 g/mol. The fraction of sp³-hybridized carbons (Fsp3) is 0.379. The molecule has 2 fully saturated rings. The Hall–Kier alpha value is -12.4. The highest BCUT2D eigenvalue weighted by Crippen LogP contribution is 2.41. The number of aryl methyl sites for hydroxylation is 3. The molecule has 17 heterocycles. The van der Waals surface area contributed by atoms with Crippen LogP contribution in [0.1, 0.15) is 160 Å². The second-order valence-corrected chi connectivity index (χ2v) is 41.8. The molecule has 141 heavy (non-hydrogen) atoms. The molecule has 3 amide bonds. The van der Waals surface area contributed by atoms with Gasteiger partial charge in [0.15, 0.2) is 0 Å². The highest BCUT2D eigenvalue weighted by Gasteiger charge is 2.54. The molecule has 0 spiro atoms. The Balaban J connectivity index is 0.000000137. The van der Waals surface area contributed by atoms with Crippen molar-refractivity contribution in [3.05, 3.63) is 273 Å². The first-order chi connectivity index (χ1) is 66.0. The van der Waals surface area contributed by atoms with E-state index in [0.29, 0.717) is 86.1 Å². The highest BCUT2D eigenvalue weighted by molar-refractivity contribution is 9.10. The number of fused-ring (bicyclic) bond motifs is 7. The summed E-state index contributed by atoms with van der Waals surface area (Å²) < 4.78 is 52.9. The minimum absolute atomic E-state index is 0. The van der Waals surface area contributed by atoms with Crippen molar-refractivity contribution >= 4 is 162 Å². The number of benzene rings is 3. The van der Waals surface area contributed by atoms with Gasteiger partial charge in [0.05, 0.1) is 68.9 Å². The van der Waals surface area contributed by atoms with Crippen LogP contribution in [0.3, 0.4) is 0 Å². The number of ether oxygens (including phenoxy) is 3. The lowest BCUT2D eigenvalue weighted by Gasteiger charge is -2.32. The summed E-state index contributed by atoms with van der Waals surface area (Å²) in [6.45, 7) is 38.3. The molecule has 0 bridgehead atoms. The van der Waals surface area contributed by atoms with Crippen LogP contribution in [0.15, 0.2) is 224 Å². The van der Waals surface area contributed by atoms with E-state index >= 15 is 0 Å². The summed E-state index contributed by atoms with van der Waals surface area (Å²) in [5.41, 5.74) is 13.8. The third-order valence-corrected chi connectivity index (χ3v) is 26.1. The van der Waals surface area contributed by atoms with Gasteiger partial charge < -0.3 is 52.8 Å². The molecular formula is C103H118B2BrCl3N18O14. The molecule has 6 aliphatic rings. The van der Waals surface area contributed by atoms with Crippen LogP contribution in [0.4, 0.5) is 14.4 Å². The minimum atomic E-state index is -0.518. The van der Waals surface area contributed by atoms with E-state index in [4.69, 9.17) is 66.0 Å². The van der Waals surface area contributed by atoms with Gasteiger partial charge in [-0.2, -0.15) is 15.3 Å². The fourth-order valence-electron chi connectivity index (χ4n) is 16.3. The fourth-order valence-corrected chi connectivity index (χ4v) is 17.0. The standard InChI is InChI=1S/C26H27N5O3.C21H19N5O.C18H20ClN3O3.C16H28BNO4.C14H19BN2O2.C8H4BrClN2O.ClH/c1-26(2,3)34-25(33)30-11-9-17(10-12-30)19-6-8-23-28-21(14-24(32)31(23)16-19)18-5-7-22-20(13-18)15-27-29(22)4;1-25-19-4-2-15(10-17(19)12-23-25)18-11-21(27)26-13-16(3-5-20(26)24-18)14-6-8-22-9-7-14;1-18(2,3)25-17(24)21-8-6-12(7-9-21)13-4-5-15-20-14(19)10-16(23)22(15)11-13;1-14(2,3)20-13(19)18-10-8-12(9-11-18)17-21-15(4,5)16(6,7)22-17;1-13(2)14(3,4)19-15(18-13)11-6-7-12-10(8-11)9-16-17(12)5;9-5-1-2-7-11-6(10)3-8(13)12(7)4-5;/h5-9,13-16H,10-12H2,1-4H3;2-6,10-13,22H,7-9H2,1H3;4-6,10-11H,7-9H2,1-3H3;8H,9-11H2,1-7H3;6-9H,1-5H3;1-4H;1H. The van der Waals surface area contributed by atoms with E-state index in [9.17, 15) is 33.6 Å². The van der Waals surface area contributed by atoms with E-state index in [1.807, 2.05) is 241 Å². The smallest absolute Gasteiger partial charge is 0.444 e. The van der Waals surface area contributed by atoms with E-state index < -0.39 is 16.8 Å². The zero-order valence-electron chi connectivity index (χ0n) is 83.0. The molecule has 0 saturated carbocycles. The van der Waals surface area contributed by atoms with Crippen LogP contribution in [0.5, 0.6) is 0 Å². The van der Waals surface area contributed by atoms with Crippen LogP contribution in [-0.4, -0.2) is 206 Å². The van der Waals surface area contributed by atoms with E-state index in [-0.39, 0.29) is 99.9 Å². The summed E-state index contributed by atoms with van der Waals surface area (Å²) in [5, 5.41) is 19.7. The van der Waals surface area contributed by atoms with E-state index in [2.05, 4.69) is 92.4 Å². The number of aromatic nitrogens is 14. The molecule has 20 rings (SSSR count). The number of pyridine rings is 4. The van der Waals surface area contributed by atoms with Crippen molar-refractivity contribution < 1.29 is 47.2 Å². The van der Waals surface area contributed by atoms with E-state index in [0.717, 1.165) is 113 Å². The molecule has 0 aliphatic carbocycles. The lowest BCUT2D eigenvalue weighted by molar-refractivity contribution is 0.00578. The number of nitrogens with one attached hydrogen (secondary N) is 1. The van der Waals surface area contributed by atoms with Gasteiger partial charge in [-0.15, -0.1) is 12.4 Å². The van der Waals surface area contributed by atoms with Crippen molar-refractivity contribution in [1.82, 2.24) is 86.9 Å². The van der Waals surface area contributed by atoms with Gasteiger partial charge >= 0.3 is 32.5 Å². The van der Waals surface area contributed by atoms with E-state index in [1.54, 1.807) is 72.4 Å². The zero-order chi connectivity index (χ0) is 101. The van der Waals surface area contributed by atoms with Gasteiger partial charge in [0.25, 0.3) is 22.2 Å². The van der Waals surface area contributed by atoms with E-state index in [1.165, 1.54) is 26.5 Å². The first-order valence-electron chi connectivity index (χ1n) is 46.5. The van der Waals surface area contributed by atoms with Crippen LogP contribution in [0.2, 0.25) is 10.3 Å². The summed E-state index contributed by atoms with van der Waals surface area (Å²) in [7, 11) is 5.13. The topological polar surface area (TPSA) is 329 Å². The summed E-state index contributed by atoms with van der Waals surface area (Å²) in [5.74, 6) is 0. The lowest BCUT2D eigenvalue weighted by atomic mass is 9.75. The third-order valence-electron chi connectivity index (χ3n) is 25.3. The largest absolute Gasteiger partial charge is 0.494 e. The maximum Gasteiger partial charge on any atom is 0.494 e. The third kappa shape index (κ3) is 24.8. The van der Waals surface area contributed by atoms with Crippen molar-refractivity contribution in [2.75, 3.05) is 52.4 Å². The molecule has 38 heteroatoms. The Bertz CT molecular complexity index is 7490. The first-order valence-corrected chi connectivity index (χ1v) is 48.0. The van der Waals surface area contributed by atoms with Crippen LogP contribution in [-0.2, 0) is 54.0 Å². The lowest BCUT2D eigenvalue weighted by Crippen LogP contribution is -2.41. The van der Waals surface area contributed by atoms with Gasteiger partial charge in [-0.05, 0) is 289 Å². The van der Waals surface area contributed by atoms with Crippen LogP contribution in [0, 0.1) is 0 Å². The van der Waals surface area contributed by atoms with Gasteiger partial charge in [-0.25, -0.2) is 34.3 Å². The quantitative estimate of drug-likeness (QED) is 0.0880. The predicted molar refractivity (Wildman–Crippen MR) is 560 cm³/mol. The average Bonchev–Trinajstić information content (AvgIpc) is 1.65. The molecule has 3 aromatic carbocycles. The maximum absolute atomic E-state index is 13.0. The molecule has 6 aliphatic heterocycles. The van der Waals surface area contributed by atoms with Gasteiger partial charge in [-0.1, -0.05) is 71.8 Å². The number of carbonyl (C=O) groups is 3. The molecule has 32 nitrogen and oxygen atoms in total. The van der Waals surface area contributed by atoms with Gasteiger partial charge in [0.2, 0.25) is 0 Å². The Morgan fingerprint density at radius 3 is 1.11 bits per heavy atom. The second kappa shape index (κ2) is 42.0. The Labute approximate surface area is 842 Å². The molecule has 0 atom stereocenters. The Morgan fingerprint density at radius 2 is 0.745 bits per heavy atom. The number of rotatable bonds is 7. The normalized spacial score (nSPS) is 16.6. The maximum atomic E-state index is 13.0.